The molecule has 0 bridgehead atoms. The molecule has 0 aliphatic heterocycles. The van der Waals surface area contributed by atoms with E-state index in [0.29, 0.717) is 17.1 Å². The van der Waals surface area contributed by atoms with Crippen molar-refractivity contribution in [1.29, 1.82) is 0 Å². The number of hydrogen-bond acceptors (Lipinski definition) is 5. The first kappa shape index (κ1) is 17.6. The summed E-state index contributed by atoms with van der Waals surface area (Å²) in [6.07, 6.45) is 2.91. The molecular formula is C16H21NO5. The van der Waals surface area contributed by atoms with Crippen LogP contribution in [0.4, 0.5) is 0 Å². The van der Waals surface area contributed by atoms with Crippen LogP contribution in [0.1, 0.15) is 19.4 Å². The van der Waals surface area contributed by atoms with E-state index in [1.165, 1.54) is 13.2 Å². The van der Waals surface area contributed by atoms with Crippen LogP contribution in [0.2, 0.25) is 0 Å². The molecule has 120 valence electrons. The summed E-state index contributed by atoms with van der Waals surface area (Å²) in [6, 6.07) is 5.25. The van der Waals surface area contributed by atoms with Crippen molar-refractivity contribution >= 4 is 18.0 Å². The van der Waals surface area contributed by atoms with Crippen molar-refractivity contribution in [1.82, 2.24) is 5.32 Å². The average molecular weight is 307 g/mol. The van der Waals surface area contributed by atoms with Gasteiger partial charge in [0.15, 0.2) is 0 Å². The lowest BCUT2D eigenvalue weighted by Gasteiger charge is -2.22. The highest BCUT2D eigenvalue weighted by molar-refractivity contribution is 5.96. The minimum absolute atomic E-state index is 0.416. The van der Waals surface area contributed by atoms with Crippen molar-refractivity contribution in [3.63, 3.8) is 0 Å². The molecule has 0 aliphatic rings. The maximum Gasteiger partial charge on any atom is 0.330 e. The van der Waals surface area contributed by atoms with E-state index in [2.05, 4.69) is 10.1 Å². The molecule has 0 spiro atoms. The van der Waals surface area contributed by atoms with Crippen molar-refractivity contribution in [2.75, 3.05) is 21.3 Å². The quantitative estimate of drug-likeness (QED) is 0.640. The number of esters is 1. The smallest absolute Gasteiger partial charge is 0.330 e. The number of carbonyl (C=O) groups excluding carboxylic acids is 2. The number of ether oxygens (including phenoxy) is 3. The van der Waals surface area contributed by atoms with Gasteiger partial charge >= 0.3 is 5.97 Å². The largest absolute Gasteiger partial charge is 0.497 e. The summed E-state index contributed by atoms with van der Waals surface area (Å²) in [5.41, 5.74) is -0.415. The van der Waals surface area contributed by atoms with E-state index in [4.69, 9.17) is 9.47 Å². The second-order valence-corrected chi connectivity index (χ2v) is 5.05. The number of rotatable bonds is 6. The lowest BCUT2D eigenvalue weighted by atomic mass is 10.1. The summed E-state index contributed by atoms with van der Waals surface area (Å²) in [6.45, 7) is 3.13. The maximum atomic E-state index is 11.9. The van der Waals surface area contributed by atoms with E-state index in [9.17, 15) is 9.59 Å². The summed E-state index contributed by atoms with van der Waals surface area (Å²) >= 11 is 0. The first-order valence-corrected chi connectivity index (χ1v) is 6.64. The Kier molecular flexibility index (Phi) is 5.98. The third-order valence-electron chi connectivity index (χ3n) is 2.98. The monoisotopic (exact) mass is 307 g/mol. The molecule has 0 aromatic heterocycles. The van der Waals surface area contributed by atoms with Gasteiger partial charge in [-0.2, -0.15) is 0 Å². The second-order valence-electron chi connectivity index (χ2n) is 5.05. The van der Waals surface area contributed by atoms with Gasteiger partial charge in [-0.15, -0.1) is 0 Å². The highest BCUT2D eigenvalue weighted by Gasteiger charge is 2.29. The Morgan fingerprint density at radius 2 is 1.82 bits per heavy atom. The first-order chi connectivity index (χ1) is 10.3. The van der Waals surface area contributed by atoms with Crippen LogP contribution in [-0.4, -0.2) is 38.7 Å². The van der Waals surface area contributed by atoms with Crippen LogP contribution in [0.15, 0.2) is 24.3 Å². The number of nitrogens with one attached hydrogen (secondary N) is 1. The van der Waals surface area contributed by atoms with Crippen molar-refractivity contribution in [2.24, 2.45) is 0 Å². The average Bonchev–Trinajstić information content (AvgIpc) is 2.51. The second kappa shape index (κ2) is 7.49. The van der Waals surface area contributed by atoms with Gasteiger partial charge in [-0.25, -0.2) is 4.79 Å². The third kappa shape index (κ3) is 4.51. The number of hydrogen-bond donors (Lipinski definition) is 1. The summed E-state index contributed by atoms with van der Waals surface area (Å²) in [7, 11) is 4.37. The van der Waals surface area contributed by atoms with E-state index < -0.39 is 17.4 Å². The van der Waals surface area contributed by atoms with Gasteiger partial charge in [0.05, 0.1) is 21.3 Å². The lowest BCUT2D eigenvalue weighted by Crippen LogP contribution is -2.49. The van der Waals surface area contributed by atoms with Gasteiger partial charge in [0, 0.05) is 11.6 Å². The van der Waals surface area contributed by atoms with Crippen LogP contribution in [0, 0.1) is 0 Å². The molecule has 0 saturated heterocycles. The molecule has 0 aliphatic carbocycles. The molecule has 1 rings (SSSR count). The fraction of sp³-hybridized carbons (Fsp3) is 0.375. The molecule has 1 aromatic rings. The number of amides is 1. The van der Waals surface area contributed by atoms with Gasteiger partial charge in [0.25, 0.3) is 0 Å². The number of methoxy groups -OCH3 is 3. The molecule has 0 fully saturated rings. The van der Waals surface area contributed by atoms with E-state index in [-0.39, 0.29) is 0 Å². The van der Waals surface area contributed by atoms with Gasteiger partial charge in [0.2, 0.25) is 5.91 Å². The van der Waals surface area contributed by atoms with E-state index in [0.717, 1.165) is 0 Å². The van der Waals surface area contributed by atoms with Crippen molar-refractivity contribution < 1.29 is 23.8 Å². The highest BCUT2D eigenvalue weighted by Crippen LogP contribution is 2.25. The zero-order chi connectivity index (χ0) is 16.8. The normalized spacial score (nSPS) is 11.1. The van der Waals surface area contributed by atoms with E-state index in [1.54, 1.807) is 52.3 Å². The van der Waals surface area contributed by atoms with Gasteiger partial charge < -0.3 is 19.5 Å². The summed E-state index contributed by atoms with van der Waals surface area (Å²) < 4.78 is 15.0. The standard InChI is InChI=1S/C16H21NO5/c1-16(2,15(19)22-5)17-14(18)9-6-11-10-12(20-3)7-8-13(11)21-4/h6-10H,1-5H3,(H,17,18). The fourth-order valence-electron chi connectivity index (χ4n) is 1.79. The van der Waals surface area contributed by atoms with Crippen LogP contribution in [0.25, 0.3) is 6.08 Å². The minimum Gasteiger partial charge on any atom is -0.497 e. The van der Waals surface area contributed by atoms with Crippen molar-refractivity contribution in [2.45, 2.75) is 19.4 Å². The van der Waals surface area contributed by atoms with Crippen molar-refractivity contribution in [3.8, 4) is 11.5 Å². The lowest BCUT2D eigenvalue weighted by molar-refractivity contribution is -0.148. The topological polar surface area (TPSA) is 73.9 Å². The molecule has 0 heterocycles. The van der Waals surface area contributed by atoms with Gasteiger partial charge in [-0.1, -0.05) is 0 Å². The molecule has 1 amide bonds. The summed E-state index contributed by atoms with van der Waals surface area (Å²) in [5.74, 6) is 0.321. The molecule has 6 nitrogen and oxygen atoms in total. The first-order valence-electron chi connectivity index (χ1n) is 6.64. The molecule has 22 heavy (non-hydrogen) atoms. The molecule has 0 saturated carbocycles. The van der Waals surface area contributed by atoms with Gasteiger partial charge in [-0.3, -0.25) is 4.79 Å². The van der Waals surface area contributed by atoms with Crippen LogP contribution < -0.4 is 14.8 Å². The van der Waals surface area contributed by atoms with E-state index >= 15 is 0 Å². The molecule has 0 unspecified atom stereocenters. The van der Waals surface area contributed by atoms with Crippen LogP contribution in [-0.2, 0) is 14.3 Å². The Labute approximate surface area is 130 Å². The Bertz CT molecular complexity index is 578. The zero-order valence-electron chi connectivity index (χ0n) is 13.4. The summed E-state index contributed by atoms with van der Waals surface area (Å²) in [5, 5.41) is 2.57. The van der Waals surface area contributed by atoms with Crippen LogP contribution >= 0.6 is 0 Å². The van der Waals surface area contributed by atoms with Gasteiger partial charge in [0.1, 0.15) is 17.0 Å². The van der Waals surface area contributed by atoms with Gasteiger partial charge in [-0.05, 0) is 38.1 Å². The van der Waals surface area contributed by atoms with Crippen LogP contribution in [0.5, 0.6) is 11.5 Å². The fourth-order valence-corrected chi connectivity index (χ4v) is 1.79. The zero-order valence-corrected chi connectivity index (χ0v) is 13.4. The predicted molar refractivity (Wildman–Crippen MR) is 82.8 cm³/mol. The number of carbonyl (C=O) groups is 2. The Hall–Kier alpha value is -2.50. The predicted octanol–water partition coefficient (Wildman–Crippen LogP) is 1.78. The Morgan fingerprint density at radius 3 is 2.36 bits per heavy atom. The summed E-state index contributed by atoms with van der Waals surface area (Å²) in [4.78, 5) is 23.5. The molecule has 0 radical (unpaired) electrons. The molecule has 6 heteroatoms. The van der Waals surface area contributed by atoms with E-state index in [1.807, 2.05) is 0 Å². The van der Waals surface area contributed by atoms with Crippen molar-refractivity contribution in [3.05, 3.63) is 29.8 Å². The third-order valence-corrected chi connectivity index (χ3v) is 2.98. The molecule has 0 atom stereocenters. The Morgan fingerprint density at radius 1 is 1.14 bits per heavy atom. The Balaban J connectivity index is 2.88. The maximum absolute atomic E-state index is 11.9. The molecule has 1 N–H and O–H groups in total. The number of benzene rings is 1. The molecule has 1 aromatic carbocycles. The molecular weight excluding hydrogens is 286 g/mol. The highest BCUT2D eigenvalue weighted by atomic mass is 16.5. The van der Waals surface area contributed by atoms with Crippen LogP contribution in [0.3, 0.4) is 0 Å². The SMILES string of the molecule is COC(=O)C(C)(C)NC(=O)C=Cc1cc(OC)ccc1OC. The minimum atomic E-state index is -1.10.